The SMILES string of the molecule is Cc1nnc(NC(C)c2cccc(C(F)(F)F)c2)c2cc(N3CC4CC(C3)O4)cnc12. The second-order valence-corrected chi connectivity index (χ2v) is 8.23. The molecular formula is C22H22F3N5O. The van der Waals surface area contributed by atoms with Gasteiger partial charge in [0.25, 0.3) is 0 Å². The van der Waals surface area contributed by atoms with Crippen molar-refractivity contribution < 1.29 is 17.9 Å². The van der Waals surface area contributed by atoms with E-state index in [0.717, 1.165) is 48.2 Å². The first kappa shape index (κ1) is 20.0. The molecule has 3 aliphatic rings. The third-order valence-electron chi connectivity index (χ3n) is 5.96. The molecule has 1 aromatic carbocycles. The van der Waals surface area contributed by atoms with Crippen LogP contribution in [0.5, 0.6) is 0 Å². The van der Waals surface area contributed by atoms with Crippen molar-refractivity contribution in [2.45, 2.75) is 44.7 Å². The van der Waals surface area contributed by atoms with Gasteiger partial charge in [-0.3, -0.25) is 4.98 Å². The maximum absolute atomic E-state index is 13.1. The Hall–Kier alpha value is -2.94. The Bertz CT molecular complexity index is 1120. The van der Waals surface area contributed by atoms with Crippen LogP contribution < -0.4 is 10.2 Å². The number of hydrogen-bond acceptors (Lipinski definition) is 6. The average molecular weight is 429 g/mol. The monoisotopic (exact) mass is 429 g/mol. The Morgan fingerprint density at radius 3 is 2.61 bits per heavy atom. The zero-order valence-electron chi connectivity index (χ0n) is 17.1. The molecule has 3 aromatic rings. The minimum atomic E-state index is -4.39. The van der Waals surface area contributed by atoms with Crippen molar-refractivity contribution in [3.63, 3.8) is 0 Å². The number of hydrogen-bond donors (Lipinski definition) is 1. The third kappa shape index (κ3) is 3.78. The van der Waals surface area contributed by atoms with Gasteiger partial charge in [0.05, 0.1) is 46.9 Å². The molecule has 0 radical (unpaired) electrons. The molecule has 2 bridgehead atoms. The summed E-state index contributed by atoms with van der Waals surface area (Å²) in [6.07, 6.45) is -0.912. The van der Waals surface area contributed by atoms with Crippen LogP contribution in [0.3, 0.4) is 0 Å². The van der Waals surface area contributed by atoms with Crippen LogP contribution in [0.2, 0.25) is 0 Å². The number of aryl methyl sites for hydroxylation is 1. The van der Waals surface area contributed by atoms with Gasteiger partial charge in [-0.05, 0) is 37.6 Å². The van der Waals surface area contributed by atoms with Crippen molar-refractivity contribution >= 4 is 22.4 Å². The summed E-state index contributed by atoms with van der Waals surface area (Å²) in [6, 6.07) is 6.93. The zero-order valence-corrected chi connectivity index (χ0v) is 17.1. The number of piperidine rings is 1. The van der Waals surface area contributed by atoms with Gasteiger partial charge in [-0.15, -0.1) is 5.10 Å². The average Bonchev–Trinajstić information content (AvgIpc) is 2.74. The highest BCUT2D eigenvalue weighted by Gasteiger charge is 2.38. The van der Waals surface area contributed by atoms with Crippen LogP contribution in [0.15, 0.2) is 36.5 Å². The van der Waals surface area contributed by atoms with Gasteiger partial charge >= 0.3 is 6.18 Å². The first-order valence-electron chi connectivity index (χ1n) is 10.2. The van der Waals surface area contributed by atoms with E-state index in [4.69, 9.17) is 4.74 Å². The summed E-state index contributed by atoms with van der Waals surface area (Å²) in [4.78, 5) is 6.86. The molecule has 3 aliphatic heterocycles. The molecule has 3 saturated heterocycles. The maximum Gasteiger partial charge on any atom is 0.416 e. The van der Waals surface area contributed by atoms with Gasteiger partial charge in [0, 0.05) is 24.9 Å². The van der Waals surface area contributed by atoms with Gasteiger partial charge in [0.15, 0.2) is 5.82 Å². The lowest BCUT2D eigenvalue weighted by Crippen LogP contribution is -2.57. The van der Waals surface area contributed by atoms with Crippen LogP contribution in [-0.2, 0) is 10.9 Å². The number of nitrogens with zero attached hydrogens (tertiary/aromatic N) is 4. The fourth-order valence-electron chi connectivity index (χ4n) is 4.27. The minimum Gasteiger partial charge on any atom is -0.371 e. The van der Waals surface area contributed by atoms with E-state index in [1.54, 1.807) is 13.0 Å². The number of fused-ring (bicyclic) bond motifs is 3. The normalized spacial score (nSPS) is 21.6. The molecule has 3 fully saturated rings. The standard InChI is InChI=1S/C22H22F3N5O/c1-12(14-4-3-5-15(6-14)22(23,24)25)27-21-19-7-16(9-26-20(19)13(2)28-29-21)30-10-17-8-18(11-30)31-17/h3-7,9,12,17-18H,8,10-11H2,1-2H3,(H,27,29). The van der Waals surface area contributed by atoms with Gasteiger partial charge in [-0.25, -0.2) is 0 Å². The van der Waals surface area contributed by atoms with E-state index in [2.05, 4.69) is 25.4 Å². The number of ether oxygens (including phenoxy) is 1. The molecule has 1 N–H and O–H groups in total. The first-order chi connectivity index (χ1) is 14.8. The van der Waals surface area contributed by atoms with Gasteiger partial charge in [0.2, 0.25) is 0 Å². The first-order valence-corrected chi connectivity index (χ1v) is 10.2. The summed E-state index contributed by atoms with van der Waals surface area (Å²) in [5.74, 6) is 0.498. The summed E-state index contributed by atoms with van der Waals surface area (Å²) in [6.45, 7) is 5.29. The van der Waals surface area contributed by atoms with Crippen molar-refractivity contribution in [2.24, 2.45) is 0 Å². The Morgan fingerprint density at radius 1 is 1.16 bits per heavy atom. The predicted octanol–water partition coefficient (Wildman–Crippen LogP) is 4.50. The Morgan fingerprint density at radius 2 is 1.90 bits per heavy atom. The smallest absolute Gasteiger partial charge is 0.371 e. The van der Waals surface area contributed by atoms with Gasteiger partial charge < -0.3 is 15.0 Å². The van der Waals surface area contributed by atoms with Crippen molar-refractivity contribution in [1.82, 2.24) is 15.2 Å². The topological polar surface area (TPSA) is 63.2 Å². The fourth-order valence-corrected chi connectivity index (χ4v) is 4.27. The third-order valence-corrected chi connectivity index (χ3v) is 5.96. The molecule has 2 aromatic heterocycles. The predicted molar refractivity (Wildman–Crippen MR) is 111 cm³/mol. The second kappa shape index (κ2) is 7.33. The number of alkyl halides is 3. The molecule has 5 heterocycles. The number of benzene rings is 1. The molecule has 3 atom stereocenters. The molecule has 0 spiro atoms. The number of morpholine rings is 1. The minimum absolute atomic E-state index is 0.269. The van der Waals surface area contributed by atoms with Crippen molar-refractivity contribution in [1.29, 1.82) is 0 Å². The van der Waals surface area contributed by atoms with E-state index < -0.39 is 17.8 Å². The summed E-state index contributed by atoms with van der Waals surface area (Å²) in [5.41, 5.74) is 2.24. The Labute approximate surface area is 177 Å². The quantitative estimate of drug-likeness (QED) is 0.659. The molecule has 6 rings (SSSR count). The second-order valence-electron chi connectivity index (χ2n) is 8.23. The zero-order chi connectivity index (χ0) is 21.8. The van der Waals surface area contributed by atoms with Crippen LogP contribution >= 0.6 is 0 Å². The van der Waals surface area contributed by atoms with Crippen LogP contribution in [0.25, 0.3) is 10.9 Å². The van der Waals surface area contributed by atoms with Crippen molar-refractivity contribution in [3.05, 3.63) is 53.3 Å². The lowest BCUT2D eigenvalue weighted by Gasteiger charge is -2.47. The lowest BCUT2D eigenvalue weighted by atomic mass is 9.98. The molecule has 6 nitrogen and oxygen atoms in total. The molecule has 0 saturated carbocycles. The van der Waals surface area contributed by atoms with Gasteiger partial charge in [-0.2, -0.15) is 18.3 Å². The van der Waals surface area contributed by atoms with E-state index in [0.29, 0.717) is 17.1 Å². The van der Waals surface area contributed by atoms with E-state index in [9.17, 15) is 13.2 Å². The van der Waals surface area contributed by atoms with Crippen molar-refractivity contribution in [2.75, 3.05) is 23.3 Å². The number of rotatable bonds is 4. The number of anilines is 2. The summed E-state index contributed by atoms with van der Waals surface area (Å²) in [7, 11) is 0. The highest BCUT2D eigenvalue weighted by atomic mass is 19.4. The summed E-state index contributed by atoms with van der Waals surface area (Å²) < 4.78 is 45.0. The Balaban J connectivity index is 1.46. The highest BCUT2D eigenvalue weighted by molar-refractivity contribution is 5.92. The highest BCUT2D eigenvalue weighted by Crippen LogP contribution is 2.35. The summed E-state index contributed by atoms with van der Waals surface area (Å²) >= 11 is 0. The molecule has 0 amide bonds. The fraction of sp³-hybridized carbons (Fsp3) is 0.409. The van der Waals surface area contributed by atoms with Crippen LogP contribution in [0.4, 0.5) is 24.7 Å². The van der Waals surface area contributed by atoms with E-state index >= 15 is 0 Å². The molecule has 162 valence electrons. The number of nitrogens with one attached hydrogen (secondary N) is 1. The van der Waals surface area contributed by atoms with Crippen molar-refractivity contribution in [3.8, 4) is 0 Å². The van der Waals surface area contributed by atoms with Gasteiger partial charge in [-0.1, -0.05) is 12.1 Å². The summed E-state index contributed by atoms with van der Waals surface area (Å²) in [5, 5.41) is 12.5. The molecule has 31 heavy (non-hydrogen) atoms. The number of pyridine rings is 1. The molecular weight excluding hydrogens is 407 g/mol. The lowest BCUT2D eigenvalue weighted by molar-refractivity contribution is -0.137. The van der Waals surface area contributed by atoms with Crippen LogP contribution in [0, 0.1) is 6.92 Å². The Kier molecular flexibility index (Phi) is 4.73. The van der Waals surface area contributed by atoms with Crippen LogP contribution in [0.1, 0.15) is 36.2 Å². The maximum atomic E-state index is 13.1. The van der Waals surface area contributed by atoms with E-state index in [1.807, 2.05) is 19.2 Å². The van der Waals surface area contributed by atoms with E-state index in [-0.39, 0.29) is 12.2 Å². The molecule has 9 heteroatoms. The van der Waals surface area contributed by atoms with Crippen LogP contribution in [-0.4, -0.2) is 40.5 Å². The number of halogens is 3. The molecule has 3 unspecified atom stereocenters. The number of aromatic nitrogens is 3. The molecule has 0 aliphatic carbocycles. The van der Waals surface area contributed by atoms with E-state index in [1.165, 1.54) is 6.07 Å². The largest absolute Gasteiger partial charge is 0.416 e. The van der Waals surface area contributed by atoms with Gasteiger partial charge in [0.1, 0.15) is 0 Å².